The maximum atomic E-state index is 12.1. The fraction of sp³-hybridized carbons (Fsp3) is 0.917. The van der Waals surface area contributed by atoms with Crippen LogP contribution in [-0.4, -0.2) is 44.4 Å². The molecule has 6 nitrogen and oxygen atoms in total. The van der Waals surface area contributed by atoms with Crippen LogP contribution >= 0.6 is 0 Å². The lowest BCUT2D eigenvalue weighted by molar-refractivity contribution is -0.158. The van der Waals surface area contributed by atoms with Gasteiger partial charge in [-0.2, -0.15) is 17.4 Å². The number of hydrogen-bond donors (Lipinski definition) is 1. The molecule has 0 amide bonds. The number of ether oxygens (including phenoxy) is 1. The van der Waals surface area contributed by atoms with Crippen molar-refractivity contribution in [3.63, 3.8) is 0 Å². The summed E-state index contributed by atoms with van der Waals surface area (Å²) >= 11 is 0. The largest absolute Gasteiger partial charge is 0.459 e. The third kappa shape index (κ3) is 6.35. The SMILES string of the molecule is CC[C@H](C)[C@H](NS(=O)(=O)N(C)C)C(=O)OC(C)(C)C. The number of carbonyl (C=O) groups excluding carboxylic acids is 1. The molecule has 0 radical (unpaired) electrons. The van der Waals surface area contributed by atoms with Gasteiger partial charge < -0.3 is 4.74 Å². The van der Waals surface area contributed by atoms with E-state index in [1.54, 1.807) is 20.8 Å². The Balaban J connectivity index is 5.09. The Morgan fingerprint density at radius 3 is 2.11 bits per heavy atom. The van der Waals surface area contributed by atoms with Gasteiger partial charge in [0.15, 0.2) is 0 Å². The van der Waals surface area contributed by atoms with E-state index in [1.807, 2.05) is 13.8 Å². The summed E-state index contributed by atoms with van der Waals surface area (Å²) in [6.07, 6.45) is 0.667. The van der Waals surface area contributed by atoms with Gasteiger partial charge in [-0.25, -0.2) is 0 Å². The molecular weight excluding hydrogens is 268 g/mol. The third-order valence-electron chi connectivity index (χ3n) is 2.63. The zero-order chi connectivity index (χ0) is 15.4. The van der Waals surface area contributed by atoms with Gasteiger partial charge in [0.2, 0.25) is 0 Å². The normalized spacial score (nSPS) is 16.2. The first-order valence-corrected chi connectivity index (χ1v) is 7.77. The summed E-state index contributed by atoms with van der Waals surface area (Å²) in [4.78, 5) is 12.1. The van der Waals surface area contributed by atoms with E-state index in [1.165, 1.54) is 14.1 Å². The molecule has 0 saturated carbocycles. The predicted octanol–water partition coefficient (Wildman–Crippen LogP) is 1.14. The van der Waals surface area contributed by atoms with Gasteiger partial charge in [-0.3, -0.25) is 4.79 Å². The molecule has 0 spiro atoms. The third-order valence-corrected chi connectivity index (χ3v) is 4.14. The van der Waals surface area contributed by atoms with E-state index in [0.29, 0.717) is 6.42 Å². The van der Waals surface area contributed by atoms with Crippen molar-refractivity contribution >= 4 is 16.2 Å². The van der Waals surface area contributed by atoms with E-state index in [0.717, 1.165) is 4.31 Å². The second-order valence-electron chi connectivity index (χ2n) is 5.80. The average molecular weight is 294 g/mol. The molecule has 1 N–H and O–H groups in total. The Morgan fingerprint density at radius 2 is 1.79 bits per heavy atom. The van der Waals surface area contributed by atoms with Crippen LogP contribution in [0.25, 0.3) is 0 Å². The molecule has 0 aliphatic rings. The summed E-state index contributed by atoms with van der Waals surface area (Å²) in [5, 5.41) is 0. The first-order valence-electron chi connectivity index (χ1n) is 6.33. The second-order valence-corrected chi connectivity index (χ2v) is 7.72. The molecule has 0 bridgehead atoms. The highest BCUT2D eigenvalue weighted by atomic mass is 32.2. The smallest absolute Gasteiger partial charge is 0.325 e. The second kappa shape index (κ2) is 6.67. The van der Waals surface area contributed by atoms with Gasteiger partial charge in [-0.1, -0.05) is 20.3 Å². The van der Waals surface area contributed by atoms with Crippen molar-refractivity contribution in [1.29, 1.82) is 0 Å². The number of carbonyl (C=O) groups is 1. The summed E-state index contributed by atoms with van der Waals surface area (Å²) in [7, 11) is -0.855. The molecule has 114 valence electrons. The molecular formula is C12H26N2O4S. The van der Waals surface area contributed by atoms with Crippen molar-refractivity contribution in [2.24, 2.45) is 5.92 Å². The van der Waals surface area contributed by atoms with E-state index in [-0.39, 0.29) is 5.92 Å². The molecule has 0 aromatic carbocycles. The topological polar surface area (TPSA) is 75.7 Å². The average Bonchev–Trinajstić information content (AvgIpc) is 2.22. The Kier molecular flexibility index (Phi) is 6.44. The van der Waals surface area contributed by atoms with Crippen LogP contribution in [-0.2, 0) is 19.7 Å². The van der Waals surface area contributed by atoms with E-state index in [4.69, 9.17) is 4.74 Å². The molecule has 0 fully saturated rings. The summed E-state index contributed by atoms with van der Waals surface area (Å²) in [5.41, 5.74) is -0.646. The lowest BCUT2D eigenvalue weighted by atomic mass is 10.00. The molecule has 7 heteroatoms. The predicted molar refractivity (Wildman–Crippen MR) is 74.8 cm³/mol. The monoisotopic (exact) mass is 294 g/mol. The van der Waals surface area contributed by atoms with Crippen molar-refractivity contribution in [1.82, 2.24) is 9.03 Å². The molecule has 0 aromatic rings. The van der Waals surface area contributed by atoms with Gasteiger partial charge >= 0.3 is 5.97 Å². The van der Waals surface area contributed by atoms with Crippen molar-refractivity contribution in [3.8, 4) is 0 Å². The lowest BCUT2D eigenvalue weighted by Crippen LogP contribution is -2.50. The maximum Gasteiger partial charge on any atom is 0.325 e. The molecule has 0 rings (SSSR count). The molecule has 0 aromatic heterocycles. The highest BCUT2D eigenvalue weighted by Gasteiger charge is 2.33. The zero-order valence-corrected chi connectivity index (χ0v) is 13.7. The van der Waals surface area contributed by atoms with Crippen LogP contribution in [0, 0.1) is 5.92 Å². The van der Waals surface area contributed by atoms with Gasteiger partial charge in [0.25, 0.3) is 10.2 Å². The fourth-order valence-electron chi connectivity index (χ4n) is 1.26. The number of esters is 1. The van der Waals surface area contributed by atoms with E-state index >= 15 is 0 Å². The summed E-state index contributed by atoms with van der Waals surface area (Å²) in [5.74, 6) is -0.697. The minimum atomic E-state index is -3.67. The molecule has 0 heterocycles. The fourth-order valence-corrected chi connectivity index (χ4v) is 2.12. The highest BCUT2D eigenvalue weighted by molar-refractivity contribution is 7.87. The van der Waals surface area contributed by atoms with Crippen LogP contribution in [0.5, 0.6) is 0 Å². The van der Waals surface area contributed by atoms with E-state index in [2.05, 4.69) is 4.72 Å². The van der Waals surface area contributed by atoms with Gasteiger partial charge in [0.1, 0.15) is 11.6 Å². The van der Waals surface area contributed by atoms with Crippen LogP contribution in [0.15, 0.2) is 0 Å². The summed E-state index contributed by atoms with van der Waals surface area (Å²) in [6.45, 7) is 8.95. The maximum absolute atomic E-state index is 12.1. The molecule has 2 atom stereocenters. The highest BCUT2D eigenvalue weighted by Crippen LogP contribution is 2.15. The molecule has 19 heavy (non-hydrogen) atoms. The zero-order valence-electron chi connectivity index (χ0n) is 12.9. The Morgan fingerprint density at radius 1 is 1.32 bits per heavy atom. The van der Waals surface area contributed by atoms with Gasteiger partial charge in [-0.15, -0.1) is 0 Å². The van der Waals surface area contributed by atoms with Crippen LogP contribution in [0.1, 0.15) is 41.0 Å². The molecule has 0 unspecified atom stereocenters. The number of nitrogens with one attached hydrogen (secondary N) is 1. The number of hydrogen-bond acceptors (Lipinski definition) is 4. The van der Waals surface area contributed by atoms with Gasteiger partial charge in [0, 0.05) is 14.1 Å². The summed E-state index contributed by atoms with van der Waals surface area (Å²) in [6, 6.07) is -0.878. The Hall–Kier alpha value is -0.660. The van der Waals surface area contributed by atoms with Crippen LogP contribution in [0.4, 0.5) is 0 Å². The van der Waals surface area contributed by atoms with Crippen LogP contribution < -0.4 is 4.72 Å². The van der Waals surface area contributed by atoms with Crippen LogP contribution in [0.3, 0.4) is 0 Å². The first kappa shape index (κ1) is 18.3. The van der Waals surface area contributed by atoms with E-state index in [9.17, 15) is 13.2 Å². The Labute approximate surface area is 116 Å². The lowest BCUT2D eigenvalue weighted by Gasteiger charge is -2.28. The van der Waals surface area contributed by atoms with E-state index < -0.39 is 27.8 Å². The quantitative estimate of drug-likeness (QED) is 0.745. The van der Waals surface area contributed by atoms with Crippen molar-refractivity contribution < 1.29 is 17.9 Å². The first-order chi connectivity index (χ1) is 8.40. The number of rotatable bonds is 6. The van der Waals surface area contributed by atoms with Crippen molar-refractivity contribution in [2.45, 2.75) is 52.7 Å². The van der Waals surface area contributed by atoms with Gasteiger partial charge in [0.05, 0.1) is 0 Å². The standard InChI is InChI=1S/C12H26N2O4S/c1-8-9(2)10(11(15)18-12(3,4)5)13-19(16,17)14(6)7/h9-10,13H,8H2,1-7H3/t9-,10-/m0/s1. The molecule has 0 aliphatic heterocycles. The van der Waals surface area contributed by atoms with Crippen molar-refractivity contribution in [3.05, 3.63) is 0 Å². The molecule has 0 aliphatic carbocycles. The minimum Gasteiger partial charge on any atom is -0.459 e. The van der Waals surface area contributed by atoms with Gasteiger partial charge in [-0.05, 0) is 26.7 Å². The van der Waals surface area contributed by atoms with Crippen LogP contribution in [0.2, 0.25) is 0 Å². The van der Waals surface area contributed by atoms with Crippen molar-refractivity contribution in [2.75, 3.05) is 14.1 Å². The Bertz CT molecular complexity index is 398. The minimum absolute atomic E-state index is 0.149. The number of nitrogens with zero attached hydrogens (tertiary/aromatic N) is 1. The summed E-state index contributed by atoms with van der Waals surface area (Å²) < 4.78 is 32.4. The molecule has 0 saturated heterocycles.